The van der Waals surface area contributed by atoms with E-state index in [0.717, 1.165) is 25.7 Å². The van der Waals surface area contributed by atoms with Crippen molar-refractivity contribution in [1.29, 1.82) is 0 Å². The molecule has 0 aromatic rings. The van der Waals surface area contributed by atoms with Gasteiger partial charge in [0.1, 0.15) is 0 Å². The third kappa shape index (κ3) is 4.48. The molecule has 1 rings (SSSR count). The molecule has 1 aliphatic rings. The van der Waals surface area contributed by atoms with Crippen LogP contribution in [0.25, 0.3) is 0 Å². The second kappa shape index (κ2) is 6.25. The van der Waals surface area contributed by atoms with Gasteiger partial charge >= 0.3 is 5.97 Å². The molecule has 0 aromatic heterocycles. The van der Waals surface area contributed by atoms with Crippen molar-refractivity contribution in [2.45, 2.75) is 64.0 Å². The molecule has 4 nitrogen and oxygen atoms in total. The van der Waals surface area contributed by atoms with Crippen molar-refractivity contribution in [3.63, 3.8) is 0 Å². The predicted molar refractivity (Wildman–Crippen MR) is 75.9 cm³/mol. The van der Waals surface area contributed by atoms with Gasteiger partial charge in [0.25, 0.3) is 0 Å². The minimum atomic E-state index is -3.15. The van der Waals surface area contributed by atoms with E-state index >= 15 is 0 Å². The molecule has 0 aromatic carbocycles. The number of carbonyl (C=O) groups is 1. The lowest BCUT2D eigenvalue weighted by molar-refractivity contribution is -0.144. The van der Waals surface area contributed by atoms with Crippen LogP contribution in [0.1, 0.15) is 59.3 Å². The standard InChI is InChI=1S/C14H26O4S/c1-14(2,3)19(17,18)10-9-11-7-5-4-6-8-12(11)13(15)16/h11-12H,4-10H2,1-3H3,(H,15,16). The fourth-order valence-electron chi connectivity index (χ4n) is 2.67. The van der Waals surface area contributed by atoms with Crippen molar-refractivity contribution in [1.82, 2.24) is 0 Å². The number of carboxylic acids is 1. The van der Waals surface area contributed by atoms with Gasteiger partial charge in [-0.2, -0.15) is 0 Å². The average molecular weight is 290 g/mol. The van der Waals surface area contributed by atoms with Gasteiger partial charge < -0.3 is 5.11 Å². The molecule has 0 saturated heterocycles. The maximum Gasteiger partial charge on any atom is 0.306 e. The summed E-state index contributed by atoms with van der Waals surface area (Å²) in [4.78, 5) is 11.3. The first kappa shape index (κ1) is 16.5. The Morgan fingerprint density at radius 2 is 1.74 bits per heavy atom. The minimum absolute atomic E-state index is 0.0112. The van der Waals surface area contributed by atoms with Crippen LogP contribution in [0.5, 0.6) is 0 Å². The molecule has 0 heterocycles. The molecule has 1 N–H and O–H groups in total. The molecule has 0 aliphatic heterocycles. The lowest BCUT2D eigenvalue weighted by Gasteiger charge is -2.24. The Bertz CT molecular complexity index is 406. The van der Waals surface area contributed by atoms with Gasteiger partial charge in [-0.25, -0.2) is 8.42 Å². The van der Waals surface area contributed by atoms with Gasteiger partial charge in [0.05, 0.1) is 16.4 Å². The van der Waals surface area contributed by atoms with E-state index in [0.29, 0.717) is 12.8 Å². The van der Waals surface area contributed by atoms with Gasteiger partial charge in [-0.15, -0.1) is 0 Å². The third-order valence-electron chi connectivity index (χ3n) is 4.17. The van der Waals surface area contributed by atoms with Crippen LogP contribution in [0.2, 0.25) is 0 Å². The average Bonchev–Trinajstić information content (AvgIpc) is 2.49. The zero-order valence-electron chi connectivity index (χ0n) is 12.2. The Labute approximate surface area is 116 Å². The summed E-state index contributed by atoms with van der Waals surface area (Å²) in [6.45, 7) is 5.10. The number of carboxylic acid groups (broad SMARTS) is 1. The molecule has 112 valence electrons. The molecule has 1 aliphatic carbocycles. The molecule has 1 saturated carbocycles. The summed E-state index contributed by atoms with van der Waals surface area (Å²) in [7, 11) is -3.15. The van der Waals surface area contributed by atoms with Crippen LogP contribution in [-0.2, 0) is 14.6 Å². The van der Waals surface area contributed by atoms with E-state index in [9.17, 15) is 18.3 Å². The van der Waals surface area contributed by atoms with Gasteiger partial charge in [-0.1, -0.05) is 19.3 Å². The minimum Gasteiger partial charge on any atom is -0.481 e. The second-order valence-electron chi connectivity index (χ2n) is 6.56. The third-order valence-corrected chi connectivity index (χ3v) is 6.81. The highest BCUT2D eigenvalue weighted by molar-refractivity contribution is 7.92. The highest BCUT2D eigenvalue weighted by atomic mass is 32.2. The Morgan fingerprint density at radius 1 is 1.16 bits per heavy atom. The van der Waals surface area contributed by atoms with Gasteiger partial charge in [-0.05, 0) is 46.0 Å². The van der Waals surface area contributed by atoms with Gasteiger partial charge in [0, 0.05) is 0 Å². The number of hydrogen-bond donors (Lipinski definition) is 1. The first-order valence-electron chi connectivity index (χ1n) is 7.10. The van der Waals surface area contributed by atoms with Crippen molar-refractivity contribution in [2.24, 2.45) is 11.8 Å². The summed E-state index contributed by atoms with van der Waals surface area (Å²) in [6, 6.07) is 0. The summed E-state index contributed by atoms with van der Waals surface area (Å²) in [5, 5.41) is 9.27. The molecular weight excluding hydrogens is 264 g/mol. The molecule has 5 heteroatoms. The molecule has 0 bridgehead atoms. The zero-order valence-corrected chi connectivity index (χ0v) is 13.0. The number of rotatable bonds is 4. The van der Waals surface area contributed by atoms with Crippen LogP contribution in [-0.4, -0.2) is 30.0 Å². The molecule has 0 amide bonds. The fourth-order valence-corrected chi connectivity index (χ4v) is 3.89. The summed E-state index contributed by atoms with van der Waals surface area (Å²) in [6.07, 6.45) is 5.04. The molecule has 0 radical (unpaired) electrons. The van der Waals surface area contributed by atoms with E-state index in [-0.39, 0.29) is 17.6 Å². The van der Waals surface area contributed by atoms with Crippen molar-refractivity contribution in [3.8, 4) is 0 Å². The van der Waals surface area contributed by atoms with Crippen LogP contribution in [0.15, 0.2) is 0 Å². The van der Waals surface area contributed by atoms with Crippen LogP contribution >= 0.6 is 0 Å². The molecule has 19 heavy (non-hydrogen) atoms. The van der Waals surface area contributed by atoms with E-state index in [1.165, 1.54) is 0 Å². The normalized spacial score (nSPS) is 25.8. The van der Waals surface area contributed by atoms with Crippen molar-refractivity contribution in [3.05, 3.63) is 0 Å². The first-order chi connectivity index (χ1) is 8.65. The monoisotopic (exact) mass is 290 g/mol. The van der Waals surface area contributed by atoms with E-state index in [4.69, 9.17) is 0 Å². The fraction of sp³-hybridized carbons (Fsp3) is 0.929. The van der Waals surface area contributed by atoms with Crippen LogP contribution < -0.4 is 0 Å². The number of sulfone groups is 1. The van der Waals surface area contributed by atoms with Crippen LogP contribution in [0, 0.1) is 11.8 Å². The topological polar surface area (TPSA) is 71.4 Å². The Hall–Kier alpha value is -0.580. The highest BCUT2D eigenvalue weighted by Gasteiger charge is 2.33. The summed E-state index contributed by atoms with van der Waals surface area (Å²) in [5.74, 6) is -1.01. The molecule has 0 spiro atoms. The molecule has 2 atom stereocenters. The quantitative estimate of drug-likeness (QED) is 0.808. The second-order valence-corrected chi connectivity index (χ2v) is 9.43. The Balaban J connectivity index is 2.70. The van der Waals surface area contributed by atoms with Crippen molar-refractivity contribution < 1.29 is 18.3 Å². The predicted octanol–water partition coefficient (Wildman–Crippen LogP) is 2.87. The largest absolute Gasteiger partial charge is 0.481 e. The number of aliphatic carboxylic acids is 1. The zero-order chi connectivity index (χ0) is 14.7. The number of hydrogen-bond acceptors (Lipinski definition) is 3. The van der Waals surface area contributed by atoms with E-state index in [1.807, 2.05) is 0 Å². The Kier molecular flexibility index (Phi) is 5.42. The first-order valence-corrected chi connectivity index (χ1v) is 8.75. The highest BCUT2D eigenvalue weighted by Crippen LogP contribution is 2.32. The maximum atomic E-state index is 12.1. The summed E-state index contributed by atoms with van der Waals surface area (Å²) in [5.41, 5.74) is 0. The van der Waals surface area contributed by atoms with Crippen LogP contribution in [0.4, 0.5) is 0 Å². The lowest BCUT2D eigenvalue weighted by Crippen LogP contribution is -2.32. The molecular formula is C14H26O4S. The Morgan fingerprint density at radius 3 is 2.26 bits per heavy atom. The molecule has 2 unspecified atom stereocenters. The maximum absolute atomic E-state index is 12.1. The van der Waals surface area contributed by atoms with Crippen molar-refractivity contribution in [2.75, 3.05) is 5.75 Å². The van der Waals surface area contributed by atoms with Gasteiger partial charge in [0.2, 0.25) is 0 Å². The summed E-state index contributed by atoms with van der Waals surface area (Å²) < 4.78 is 23.5. The van der Waals surface area contributed by atoms with Gasteiger partial charge in [0.15, 0.2) is 9.84 Å². The molecule has 1 fully saturated rings. The van der Waals surface area contributed by atoms with Crippen LogP contribution in [0.3, 0.4) is 0 Å². The van der Waals surface area contributed by atoms with Crippen molar-refractivity contribution >= 4 is 15.8 Å². The van der Waals surface area contributed by atoms with E-state index in [1.54, 1.807) is 20.8 Å². The smallest absolute Gasteiger partial charge is 0.306 e. The van der Waals surface area contributed by atoms with E-state index < -0.39 is 20.6 Å². The lowest BCUT2D eigenvalue weighted by atomic mass is 9.86. The SMILES string of the molecule is CC(C)(C)S(=O)(=O)CCC1CCCCCC1C(=O)O. The summed E-state index contributed by atoms with van der Waals surface area (Å²) >= 11 is 0. The van der Waals surface area contributed by atoms with E-state index in [2.05, 4.69) is 0 Å². The van der Waals surface area contributed by atoms with Gasteiger partial charge in [-0.3, -0.25) is 4.79 Å².